The molecule has 0 aliphatic heterocycles. The first kappa shape index (κ1) is 18.7. The van der Waals surface area contributed by atoms with Gasteiger partial charge in [-0.25, -0.2) is 0 Å². The zero-order valence-electron chi connectivity index (χ0n) is 13.5. The summed E-state index contributed by atoms with van der Waals surface area (Å²) in [7, 11) is 0. The minimum atomic E-state index is 1.10. The third-order valence-electron chi connectivity index (χ3n) is 3.76. The van der Waals surface area contributed by atoms with Crippen LogP contribution in [0.4, 0.5) is 0 Å². The smallest absolute Gasteiger partial charge is 0.0351 e. The molecule has 0 unspecified atom stereocenters. The van der Waals surface area contributed by atoms with Gasteiger partial charge in [0.2, 0.25) is 0 Å². The van der Waals surface area contributed by atoms with E-state index >= 15 is 0 Å². The van der Waals surface area contributed by atoms with Crippen LogP contribution in [-0.2, 0) is 0 Å². The Hall–Kier alpha value is -0.260. The molecule has 0 fully saturated rings. The second-order valence-corrected chi connectivity index (χ2v) is 5.79. The number of allylic oxidation sites excluding steroid dienone is 2. The molecule has 0 N–H and O–H groups in total. The lowest BCUT2D eigenvalue weighted by Crippen LogP contribution is -1.80. The highest BCUT2D eigenvalue weighted by Gasteiger charge is 1.91. The minimum Gasteiger partial charge on any atom is -0.0885 e. The highest BCUT2D eigenvalue weighted by molar-refractivity contribution is 4.81. The fourth-order valence-electron chi connectivity index (χ4n) is 2.42. The fourth-order valence-corrected chi connectivity index (χ4v) is 2.42. The lowest BCUT2D eigenvalue weighted by Gasteiger charge is -2.00. The van der Waals surface area contributed by atoms with Crippen LogP contribution in [0.5, 0.6) is 0 Å². The molecule has 0 amide bonds. The van der Waals surface area contributed by atoms with Crippen LogP contribution < -0.4 is 0 Å². The Balaban J connectivity index is 2.99. The molecule has 0 bridgehead atoms. The van der Waals surface area contributed by atoms with Crippen LogP contribution in [0.3, 0.4) is 0 Å². The molecule has 0 saturated carbocycles. The van der Waals surface area contributed by atoms with E-state index in [-0.39, 0.29) is 0 Å². The van der Waals surface area contributed by atoms with E-state index in [4.69, 9.17) is 0 Å². The normalized spacial score (nSPS) is 11.5. The quantitative estimate of drug-likeness (QED) is 0.216. The molecule has 0 aromatic carbocycles. The maximum Gasteiger partial charge on any atom is -0.0351 e. The summed E-state index contributed by atoms with van der Waals surface area (Å²) in [5.41, 5.74) is 0. The van der Waals surface area contributed by atoms with Gasteiger partial charge in [0.1, 0.15) is 0 Å². The van der Waals surface area contributed by atoms with Crippen molar-refractivity contribution in [3.8, 4) is 0 Å². The third-order valence-corrected chi connectivity index (χ3v) is 3.76. The Kier molecular flexibility index (Phi) is 17.5. The molecule has 0 heteroatoms. The molecule has 0 heterocycles. The zero-order chi connectivity index (χ0) is 14.0. The number of hydrogen-bond acceptors (Lipinski definition) is 0. The standard InChI is InChI=1S/C19H37/c1-3-5-7-9-11-13-15-17-19-18-16-14-12-10-8-6-4-2/h13,15H,1,3-12,14,16-19H2,2H3/b15-13+. The van der Waals surface area contributed by atoms with E-state index in [0.717, 1.165) is 6.42 Å². The van der Waals surface area contributed by atoms with Crippen molar-refractivity contribution in [1.29, 1.82) is 0 Å². The second kappa shape index (κ2) is 17.7. The van der Waals surface area contributed by atoms with Gasteiger partial charge < -0.3 is 0 Å². The van der Waals surface area contributed by atoms with Crippen molar-refractivity contribution in [3.05, 3.63) is 19.1 Å². The van der Waals surface area contributed by atoms with Gasteiger partial charge in [0.15, 0.2) is 0 Å². The second-order valence-electron chi connectivity index (χ2n) is 5.79. The molecule has 1 radical (unpaired) electrons. The highest BCUT2D eigenvalue weighted by Crippen LogP contribution is 2.11. The maximum absolute atomic E-state index is 3.87. The van der Waals surface area contributed by atoms with E-state index in [9.17, 15) is 0 Å². The predicted octanol–water partition coefficient (Wildman–Crippen LogP) is 7.25. The van der Waals surface area contributed by atoms with Gasteiger partial charge in [-0.2, -0.15) is 0 Å². The van der Waals surface area contributed by atoms with E-state index in [1.54, 1.807) is 0 Å². The lowest BCUT2D eigenvalue weighted by molar-refractivity contribution is 0.566. The van der Waals surface area contributed by atoms with Crippen LogP contribution in [0.2, 0.25) is 0 Å². The Labute approximate surface area is 123 Å². The monoisotopic (exact) mass is 265 g/mol. The molecule has 0 rings (SSSR count). The predicted molar refractivity (Wildman–Crippen MR) is 89.4 cm³/mol. The summed E-state index contributed by atoms with van der Waals surface area (Å²) in [5, 5.41) is 0. The fraction of sp³-hybridized carbons (Fsp3) is 0.842. The molecule has 0 spiro atoms. The van der Waals surface area contributed by atoms with Gasteiger partial charge >= 0.3 is 0 Å². The van der Waals surface area contributed by atoms with Gasteiger partial charge in [0, 0.05) is 0 Å². The molecule has 0 aromatic rings. The van der Waals surface area contributed by atoms with Crippen LogP contribution in [0.15, 0.2) is 12.2 Å². The van der Waals surface area contributed by atoms with Gasteiger partial charge in [-0.05, 0) is 25.7 Å². The summed E-state index contributed by atoms with van der Waals surface area (Å²) in [5.74, 6) is 0. The van der Waals surface area contributed by atoms with Crippen LogP contribution in [0.25, 0.3) is 0 Å². The van der Waals surface area contributed by atoms with Gasteiger partial charge in [0.05, 0.1) is 0 Å². The first-order chi connectivity index (χ1) is 9.41. The first-order valence-corrected chi connectivity index (χ1v) is 8.86. The summed E-state index contributed by atoms with van der Waals surface area (Å²) >= 11 is 0. The van der Waals surface area contributed by atoms with Crippen LogP contribution in [0, 0.1) is 6.92 Å². The van der Waals surface area contributed by atoms with Gasteiger partial charge in [-0.15, -0.1) is 0 Å². The Bertz CT molecular complexity index is 169. The average Bonchev–Trinajstić information content (AvgIpc) is 2.43. The lowest BCUT2D eigenvalue weighted by atomic mass is 10.1. The molecular weight excluding hydrogens is 228 g/mol. The van der Waals surface area contributed by atoms with E-state index in [1.165, 1.54) is 89.9 Å². The Morgan fingerprint density at radius 2 is 1.00 bits per heavy atom. The topological polar surface area (TPSA) is 0 Å². The minimum absolute atomic E-state index is 1.10. The van der Waals surface area contributed by atoms with Crippen LogP contribution >= 0.6 is 0 Å². The summed E-state index contributed by atoms with van der Waals surface area (Å²) in [6, 6.07) is 0. The molecular formula is C19H37. The molecule has 0 aromatic heterocycles. The van der Waals surface area contributed by atoms with E-state index in [0.29, 0.717) is 0 Å². The number of rotatable bonds is 15. The van der Waals surface area contributed by atoms with Crippen LogP contribution in [-0.4, -0.2) is 0 Å². The molecule has 0 atom stereocenters. The molecule has 0 aliphatic carbocycles. The summed E-state index contributed by atoms with van der Waals surface area (Å²) in [6.45, 7) is 6.16. The Morgan fingerprint density at radius 3 is 1.47 bits per heavy atom. The SMILES string of the molecule is [CH2]CCCCC/C=C/CCCCCCCCCCC. The van der Waals surface area contributed by atoms with Gasteiger partial charge in [-0.3, -0.25) is 0 Å². The summed E-state index contributed by atoms with van der Waals surface area (Å²) in [4.78, 5) is 0. The zero-order valence-corrected chi connectivity index (χ0v) is 13.5. The highest BCUT2D eigenvalue weighted by atomic mass is 14.0. The van der Waals surface area contributed by atoms with Gasteiger partial charge in [-0.1, -0.05) is 96.6 Å². The van der Waals surface area contributed by atoms with Crippen molar-refractivity contribution in [2.75, 3.05) is 0 Å². The largest absolute Gasteiger partial charge is 0.0885 e. The van der Waals surface area contributed by atoms with Crippen molar-refractivity contribution in [1.82, 2.24) is 0 Å². The molecule has 0 aliphatic rings. The molecule has 19 heavy (non-hydrogen) atoms. The van der Waals surface area contributed by atoms with Crippen molar-refractivity contribution < 1.29 is 0 Å². The average molecular weight is 266 g/mol. The van der Waals surface area contributed by atoms with Crippen molar-refractivity contribution >= 4 is 0 Å². The molecule has 0 saturated heterocycles. The number of unbranched alkanes of at least 4 members (excludes halogenated alkanes) is 13. The molecule has 113 valence electrons. The van der Waals surface area contributed by atoms with Crippen molar-refractivity contribution in [2.24, 2.45) is 0 Å². The van der Waals surface area contributed by atoms with E-state index in [1.807, 2.05) is 0 Å². The van der Waals surface area contributed by atoms with E-state index in [2.05, 4.69) is 26.0 Å². The molecule has 0 nitrogen and oxygen atoms in total. The van der Waals surface area contributed by atoms with Crippen molar-refractivity contribution in [2.45, 2.75) is 103 Å². The van der Waals surface area contributed by atoms with Gasteiger partial charge in [0.25, 0.3) is 0 Å². The Morgan fingerprint density at radius 1 is 0.579 bits per heavy atom. The maximum atomic E-state index is 3.87. The van der Waals surface area contributed by atoms with Crippen LogP contribution in [0.1, 0.15) is 103 Å². The van der Waals surface area contributed by atoms with Crippen molar-refractivity contribution in [3.63, 3.8) is 0 Å². The van der Waals surface area contributed by atoms with E-state index < -0.39 is 0 Å². The summed E-state index contributed by atoms with van der Waals surface area (Å²) in [6.07, 6.45) is 25.3. The third kappa shape index (κ3) is 17.7. The first-order valence-electron chi connectivity index (χ1n) is 8.86. The number of hydrogen-bond donors (Lipinski definition) is 0. The summed E-state index contributed by atoms with van der Waals surface area (Å²) < 4.78 is 0.